The van der Waals surface area contributed by atoms with Gasteiger partial charge in [0, 0.05) is 12.1 Å². The van der Waals surface area contributed by atoms with E-state index in [1.54, 1.807) is 6.20 Å². The van der Waals surface area contributed by atoms with Crippen molar-refractivity contribution in [2.24, 2.45) is 5.84 Å². The van der Waals surface area contributed by atoms with Crippen molar-refractivity contribution in [2.45, 2.75) is 13.5 Å². The Morgan fingerprint density at radius 2 is 2.67 bits per heavy atom. The Bertz CT molecular complexity index is 184. The maximum Gasteiger partial charge on any atom is 0.138 e. The lowest BCUT2D eigenvalue weighted by Gasteiger charge is -1.91. The van der Waals surface area contributed by atoms with Gasteiger partial charge in [-0.15, -0.1) is 0 Å². The molecule has 0 spiro atoms. The molecular formula is C5H9N3O. The summed E-state index contributed by atoms with van der Waals surface area (Å²) >= 11 is 0. The molecule has 4 heteroatoms. The van der Waals surface area contributed by atoms with Crippen molar-refractivity contribution in [3.8, 4) is 0 Å². The van der Waals surface area contributed by atoms with Crippen LogP contribution in [0.4, 0.5) is 0 Å². The molecule has 0 unspecified atom stereocenters. The van der Waals surface area contributed by atoms with Crippen LogP contribution in [0.25, 0.3) is 0 Å². The van der Waals surface area contributed by atoms with Crippen molar-refractivity contribution < 1.29 is 4.52 Å². The lowest BCUT2D eigenvalue weighted by molar-refractivity contribution is 0.395. The number of hydrogen-bond donors (Lipinski definition) is 2. The second kappa shape index (κ2) is 2.61. The van der Waals surface area contributed by atoms with E-state index in [0.29, 0.717) is 6.54 Å². The van der Waals surface area contributed by atoms with Gasteiger partial charge < -0.3 is 4.52 Å². The summed E-state index contributed by atoms with van der Waals surface area (Å²) < 4.78 is 4.77. The minimum Gasteiger partial charge on any atom is -0.361 e. The monoisotopic (exact) mass is 127 g/mol. The fourth-order valence-corrected chi connectivity index (χ4v) is 0.599. The third kappa shape index (κ3) is 1.28. The molecule has 0 aliphatic rings. The summed E-state index contributed by atoms with van der Waals surface area (Å²) in [6.45, 7) is 2.45. The quantitative estimate of drug-likeness (QED) is 0.431. The zero-order valence-electron chi connectivity index (χ0n) is 5.22. The molecule has 1 aromatic heterocycles. The van der Waals surface area contributed by atoms with E-state index in [9.17, 15) is 0 Å². The SMILES string of the molecule is Cc1oncc1CNN. The van der Waals surface area contributed by atoms with Crippen LogP contribution in [0.5, 0.6) is 0 Å². The first-order valence-corrected chi connectivity index (χ1v) is 2.68. The minimum atomic E-state index is 0.606. The van der Waals surface area contributed by atoms with Gasteiger partial charge in [-0.25, -0.2) is 0 Å². The maximum atomic E-state index is 5.07. The second-order valence-electron chi connectivity index (χ2n) is 1.79. The van der Waals surface area contributed by atoms with E-state index < -0.39 is 0 Å². The van der Waals surface area contributed by atoms with E-state index in [0.717, 1.165) is 11.3 Å². The molecule has 0 aliphatic heterocycles. The molecule has 0 radical (unpaired) electrons. The van der Waals surface area contributed by atoms with Gasteiger partial charge in [-0.05, 0) is 6.92 Å². The first kappa shape index (κ1) is 6.25. The van der Waals surface area contributed by atoms with Crippen LogP contribution < -0.4 is 11.3 Å². The highest BCUT2D eigenvalue weighted by Gasteiger charge is 1.98. The van der Waals surface area contributed by atoms with Crippen LogP contribution in [0.15, 0.2) is 10.7 Å². The number of aromatic nitrogens is 1. The Morgan fingerprint density at radius 1 is 1.89 bits per heavy atom. The fraction of sp³-hybridized carbons (Fsp3) is 0.400. The summed E-state index contributed by atoms with van der Waals surface area (Å²) in [5.41, 5.74) is 3.51. The third-order valence-electron chi connectivity index (χ3n) is 1.14. The first-order chi connectivity index (χ1) is 4.34. The standard InChI is InChI=1S/C5H9N3O/c1-4-5(2-7-6)3-8-9-4/h3,7H,2,6H2,1H3. The number of rotatable bonds is 2. The average molecular weight is 127 g/mol. The van der Waals surface area contributed by atoms with Gasteiger partial charge in [-0.2, -0.15) is 0 Å². The summed E-state index contributed by atoms with van der Waals surface area (Å²) in [5, 5.41) is 3.57. The molecule has 9 heavy (non-hydrogen) atoms. The fourth-order valence-electron chi connectivity index (χ4n) is 0.599. The number of nitrogens with one attached hydrogen (secondary N) is 1. The molecular weight excluding hydrogens is 118 g/mol. The van der Waals surface area contributed by atoms with Gasteiger partial charge in [0.1, 0.15) is 5.76 Å². The lowest BCUT2D eigenvalue weighted by atomic mass is 10.3. The van der Waals surface area contributed by atoms with Gasteiger partial charge in [-0.1, -0.05) is 5.16 Å². The van der Waals surface area contributed by atoms with Gasteiger partial charge in [0.2, 0.25) is 0 Å². The third-order valence-corrected chi connectivity index (χ3v) is 1.14. The number of nitrogens with zero attached hydrogens (tertiary/aromatic N) is 1. The molecule has 0 fully saturated rings. The Morgan fingerprint density at radius 3 is 3.11 bits per heavy atom. The number of hydrazine groups is 1. The zero-order valence-corrected chi connectivity index (χ0v) is 5.22. The molecule has 4 nitrogen and oxygen atoms in total. The summed E-state index contributed by atoms with van der Waals surface area (Å²) in [6, 6.07) is 0. The highest BCUT2D eigenvalue weighted by atomic mass is 16.5. The molecule has 1 aromatic rings. The van der Waals surface area contributed by atoms with Crippen LogP contribution in [0, 0.1) is 6.92 Å². The molecule has 50 valence electrons. The number of hydrogen-bond acceptors (Lipinski definition) is 4. The Balaban J connectivity index is 2.69. The maximum absolute atomic E-state index is 5.07. The van der Waals surface area contributed by atoms with Gasteiger partial charge in [0.05, 0.1) is 6.20 Å². The molecule has 0 saturated carbocycles. The molecule has 0 amide bonds. The molecule has 0 aromatic carbocycles. The van der Waals surface area contributed by atoms with E-state index in [4.69, 9.17) is 10.4 Å². The molecule has 0 saturated heterocycles. The Hall–Kier alpha value is -0.870. The smallest absolute Gasteiger partial charge is 0.138 e. The van der Waals surface area contributed by atoms with Gasteiger partial charge >= 0.3 is 0 Å². The van der Waals surface area contributed by atoms with Crippen LogP contribution in [0.2, 0.25) is 0 Å². The molecule has 0 aliphatic carbocycles. The topological polar surface area (TPSA) is 64.1 Å². The van der Waals surface area contributed by atoms with Crippen LogP contribution in [0.3, 0.4) is 0 Å². The van der Waals surface area contributed by atoms with Gasteiger partial charge in [0.25, 0.3) is 0 Å². The molecule has 3 N–H and O–H groups in total. The van der Waals surface area contributed by atoms with Gasteiger partial charge in [-0.3, -0.25) is 11.3 Å². The lowest BCUT2D eigenvalue weighted by Crippen LogP contribution is -2.20. The minimum absolute atomic E-state index is 0.606. The summed E-state index contributed by atoms with van der Waals surface area (Å²) in [5.74, 6) is 5.88. The highest BCUT2D eigenvalue weighted by Crippen LogP contribution is 2.03. The van der Waals surface area contributed by atoms with Crippen molar-refractivity contribution >= 4 is 0 Å². The van der Waals surface area contributed by atoms with Gasteiger partial charge in [0.15, 0.2) is 0 Å². The summed E-state index contributed by atoms with van der Waals surface area (Å²) in [4.78, 5) is 0. The van der Waals surface area contributed by atoms with E-state index in [-0.39, 0.29) is 0 Å². The van der Waals surface area contributed by atoms with Crippen molar-refractivity contribution in [1.82, 2.24) is 10.6 Å². The van der Waals surface area contributed by atoms with E-state index in [1.165, 1.54) is 0 Å². The number of nitrogens with two attached hydrogens (primary N) is 1. The van der Waals surface area contributed by atoms with Crippen LogP contribution in [-0.2, 0) is 6.54 Å². The molecule has 1 heterocycles. The number of aryl methyl sites for hydroxylation is 1. The van der Waals surface area contributed by atoms with Crippen molar-refractivity contribution in [3.63, 3.8) is 0 Å². The molecule has 0 bridgehead atoms. The molecule has 0 atom stereocenters. The predicted molar refractivity (Wildman–Crippen MR) is 32.3 cm³/mol. The average Bonchev–Trinajstić information content (AvgIpc) is 2.18. The Labute approximate surface area is 53.0 Å². The summed E-state index contributed by atoms with van der Waals surface area (Å²) in [7, 11) is 0. The van der Waals surface area contributed by atoms with Crippen molar-refractivity contribution in [2.75, 3.05) is 0 Å². The van der Waals surface area contributed by atoms with E-state index >= 15 is 0 Å². The van der Waals surface area contributed by atoms with E-state index in [1.807, 2.05) is 6.92 Å². The largest absolute Gasteiger partial charge is 0.361 e. The predicted octanol–water partition coefficient (Wildman–Crippen LogP) is -0.0537. The van der Waals surface area contributed by atoms with Crippen LogP contribution in [-0.4, -0.2) is 5.16 Å². The van der Waals surface area contributed by atoms with E-state index in [2.05, 4.69) is 10.6 Å². The normalized spacial score (nSPS) is 10.0. The molecule has 1 rings (SSSR count). The van der Waals surface area contributed by atoms with Crippen molar-refractivity contribution in [3.05, 3.63) is 17.5 Å². The highest BCUT2D eigenvalue weighted by molar-refractivity contribution is 5.10. The summed E-state index contributed by atoms with van der Waals surface area (Å²) in [6.07, 6.45) is 1.65. The van der Waals surface area contributed by atoms with Crippen LogP contribution >= 0.6 is 0 Å². The Kier molecular flexibility index (Phi) is 1.81. The second-order valence-corrected chi connectivity index (χ2v) is 1.79. The zero-order chi connectivity index (χ0) is 6.69. The first-order valence-electron chi connectivity index (χ1n) is 2.68. The van der Waals surface area contributed by atoms with Crippen molar-refractivity contribution in [1.29, 1.82) is 0 Å². The van der Waals surface area contributed by atoms with Crippen LogP contribution in [0.1, 0.15) is 11.3 Å².